The Labute approximate surface area is 130 Å². The van der Waals surface area contributed by atoms with Crippen molar-refractivity contribution in [3.8, 4) is 0 Å². The maximum absolute atomic E-state index is 14.8. The SMILES string of the molecule is CC[C@@]1(CCC(C)C)O[C@@H](n2ccc(N)nc2=O)[C@H](F)[C@@H]1C. The molecule has 1 aliphatic heterocycles. The van der Waals surface area contributed by atoms with E-state index in [4.69, 9.17) is 10.5 Å². The van der Waals surface area contributed by atoms with Gasteiger partial charge < -0.3 is 10.5 Å². The monoisotopic (exact) mass is 311 g/mol. The van der Waals surface area contributed by atoms with E-state index in [9.17, 15) is 9.18 Å². The summed E-state index contributed by atoms with van der Waals surface area (Å²) < 4.78 is 22.1. The molecular weight excluding hydrogens is 285 g/mol. The van der Waals surface area contributed by atoms with Crippen molar-refractivity contribution >= 4 is 5.82 Å². The Balaban J connectivity index is 2.30. The van der Waals surface area contributed by atoms with Crippen LogP contribution in [-0.4, -0.2) is 21.3 Å². The lowest BCUT2D eigenvalue weighted by atomic mass is 9.80. The Morgan fingerprint density at radius 3 is 2.77 bits per heavy atom. The summed E-state index contributed by atoms with van der Waals surface area (Å²) in [4.78, 5) is 15.6. The van der Waals surface area contributed by atoms with Crippen molar-refractivity contribution in [3.63, 3.8) is 0 Å². The number of aromatic nitrogens is 2. The molecule has 1 saturated heterocycles. The zero-order chi connectivity index (χ0) is 16.5. The van der Waals surface area contributed by atoms with E-state index in [0.29, 0.717) is 5.92 Å². The second-order valence-electron chi connectivity index (χ2n) is 6.63. The van der Waals surface area contributed by atoms with Crippen LogP contribution in [0.15, 0.2) is 17.1 Å². The van der Waals surface area contributed by atoms with Crippen molar-refractivity contribution in [2.24, 2.45) is 11.8 Å². The number of alkyl halides is 1. The van der Waals surface area contributed by atoms with Crippen LogP contribution in [0.2, 0.25) is 0 Å². The van der Waals surface area contributed by atoms with Gasteiger partial charge in [0.2, 0.25) is 0 Å². The molecular formula is C16H26FN3O2. The molecule has 0 unspecified atom stereocenters. The minimum Gasteiger partial charge on any atom is -0.383 e. The summed E-state index contributed by atoms with van der Waals surface area (Å²) in [6.45, 7) is 8.16. The van der Waals surface area contributed by atoms with Crippen LogP contribution in [-0.2, 0) is 4.74 Å². The number of halogens is 1. The van der Waals surface area contributed by atoms with E-state index in [-0.39, 0.29) is 11.7 Å². The van der Waals surface area contributed by atoms with Gasteiger partial charge in [-0.25, -0.2) is 9.18 Å². The Kier molecular flexibility index (Phi) is 4.90. The van der Waals surface area contributed by atoms with Gasteiger partial charge in [0.1, 0.15) is 5.82 Å². The molecule has 1 fully saturated rings. The minimum absolute atomic E-state index is 0.129. The Bertz CT molecular complexity index is 575. The van der Waals surface area contributed by atoms with Gasteiger partial charge in [-0.15, -0.1) is 0 Å². The Morgan fingerprint density at radius 2 is 2.23 bits per heavy atom. The first kappa shape index (κ1) is 16.9. The molecule has 1 aromatic rings. The van der Waals surface area contributed by atoms with Crippen LogP contribution in [0.25, 0.3) is 0 Å². The molecule has 2 heterocycles. The molecule has 0 amide bonds. The fourth-order valence-corrected chi connectivity index (χ4v) is 3.18. The summed E-state index contributed by atoms with van der Waals surface area (Å²) in [6.07, 6.45) is 1.76. The summed E-state index contributed by atoms with van der Waals surface area (Å²) in [5.74, 6) is 0.382. The molecule has 22 heavy (non-hydrogen) atoms. The number of ether oxygens (including phenoxy) is 1. The van der Waals surface area contributed by atoms with Gasteiger partial charge in [0.25, 0.3) is 0 Å². The van der Waals surface area contributed by atoms with Gasteiger partial charge in [0.05, 0.1) is 5.60 Å². The molecule has 1 aliphatic rings. The standard InChI is InChI=1S/C16H26FN3O2/c1-5-16(8-6-10(2)3)11(4)13(17)14(22-16)20-9-7-12(18)19-15(20)21/h7,9-11,13-14H,5-6,8H2,1-4H3,(H2,18,19,21)/t11-,13+,14+,16-/m0/s1. The highest BCUT2D eigenvalue weighted by molar-refractivity contribution is 5.23. The summed E-state index contributed by atoms with van der Waals surface area (Å²) in [7, 11) is 0. The van der Waals surface area contributed by atoms with E-state index >= 15 is 0 Å². The van der Waals surface area contributed by atoms with Gasteiger partial charge in [-0.1, -0.05) is 27.7 Å². The average molecular weight is 311 g/mol. The quantitative estimate of drug-likeness (QED) is 0.907. The average Bonchev–Trinajstić information content (AvgIpc) is 2.71. The zero-order valence-corrected chi connectivity index (χ0v) is 13.8. The molecule has 0 bridgehead atoms. The number of nitrogens with zero attached hydrogens (tertiary/aromatic N) is 2. The van der Waals surface area contributed by atoms with Gasteiger partial charge in [-0.05, 0) is 31.2 Å². The minimum atomic E-state index is -1.24. The molecule has 2 N–H and O–H groups in total. The highest BCUT2D eigenvalue weighted by Gasteiger charge is 2.52. The first-order valence-electron chi connectivity index (χ1n) is 7.97. The molecule has 4 atom stereocenters. The molecule has 0 saturated carbocycles. The van der Waals surface area contributed by atoms with Gasteiger partial charge in [0.15, 0.2) is 12.4 Å². The van der Waals surface area contributed by atoms with Crippen LogP contribution in [0.3, 0.4) is 0 Å². The van der Waals surface area contributed by atoms with Crippen molar-refractivity contribution in [3.05, 3.63) is 22.7 Å². The van der Waals surface area contributed by atoms with Crippen LogP contribution >= 0.6 is 0 Å². The fourth-order valence-electron chi connectivity index (χ4n) is 3.18. The molecule has 1 aromatic heterocycles. The third kappa shape index (κ3) is 3.02. The molecule has 0 radical (unpaired) electrons. The van der Waals surface area contributed by atoms with Crippen molar-refractivity contribution in [2.45, 2.75) is 65.0 Å². The number of anilines is 1. The highest BCUT2D eigenvalue weighted by Crippen LogP contribution is 2.47. The lowest BCUT2D eigenvalue weighted by Gasteiger charge is -2.32. The molecule has 0 spiro atoms. The topological polar surface area (TPSA) is 70.1 Å². The maximum atomic E-state index is 14.8. The van der Waals surface area contributed by atoms with E-state index in [1.165, 1.54) is 16.8 Å². The second kappa shape index (κ2) is 6.36. The number of rotatable bonds is 5. The summed E-state index contributed by atoms with van der Waals surface area (Å²) in [5, 5.41) is 0. The first-order chi connectivity index (χ1) is 10.3. The van der Waals surface area contributed by atoms with E-state index in [1.54, 1.807) is 0 Å². The lowest BCUT2D eigenvalue weighted by molar-refractivity contribution is -0.0980. The van der Waals surface area contributed by atoms with Gasteiger partial charge in [0, 0.05) is 12.1 Å². The number of hydrogen-bond donors (Lipinski definition) is 1. The smallest absolute Gasteiger partial charge is 0.351 e. The predicted molar refractivity (Wildman–Crippen MR) is 84.2 cm³/mol. The van der Waals surface area contributed by atoms with Crippen molar-refractivity contribution in [1.29, 1.82) is 0 Å². The predicted octanol–water partition coefficient (Wildman–Crippen LogP) is 2.91. The second-order valence-corrected chi connectivity index (χ2v) is 6.63. The molecule has 6 heteroatoms. The van der Waals surface area contributed by atoms with Crippen LogP contribution in [0.4, 0.5) is 10.2 Å². The molecule has 0 aromatic carbocycles. The fraction of sp³-hybridized carbons (Fsp3) is 0.750. The van der Waals surface area contributed by atoms with Crippen LogP contribution in [0.1, 0.15) is 53.2 Å². The normalized spacial score (nSPS) is 31.8. The van der Waals surface area contributed by atoms with Crippen LogP contribution in [0.5, 0.6) is 0 Å². The first-order valence-corrected chi connectivity index (χ1v) is 7.97. The molecule has 0 aliphatic carbocycles. The zero-order valence-electron chi connectivity index (χ0n) is 13.8. The van der Waals surface area contributed by atoms with Crippen LogP contribution in [0, 0.1) is 11.8 Å². The summed E-state index contributed by atoms with van der Waals surface area (Å²) in [6, 6.07) is 1.49. The highest BCUT2D eigenvalue weighted by atomic mass is 19.1. The molecule has 5 nitrogen and oxygen atoms in total. The number of nitrogens with two attached hydrogens (primary N) is 1. The lowest BCUT2D eigenvalue weighted by Crippen LogP contribution is -2.35. The van der Waals surface area contributed by atoms with E-state index < -0.39 is 23.7 Å². The van der Waals surface area contributed by atoms with Gasteiger partial charge in [-0.3, -0.25) is 4.57 Å². The maximum Gasteiger partial charge on any atom is 0.351 e. The Hall–Kier alpha value is -1.43. The third-order valence-corrected chi connectivity index (χ3v) is 4.80. The van der Waals surface area contributed by atoms with Gasteiger partial charge >= 0.3 is 5.69 Å². The Morgan fingerprint density at radius 1 is 1.55 bits per heavy atom. The van der Waals surface area contributed by atoms with Gasteiger partial charge in [-0.2, -0.15) is 4.98 Å². The van der Waals surface area contributed by atoms with E-state index in [2.05, 4.69) is 18.8 Å². The van der Waals surface area contributed by atoms with E-state index in [1.807, 2.05) is 13.8 Å². The summed E-state index contributed by atoms with van der Waals surface area (Å²) in [5.41, 5.74) is 4.38. The van der Waals surface area contributed by atoms with Crippen LogP contribution < -0.4 is 11.4 Å². The van der Waals surface area contributed by atoms with Crippen molar-refractivity contribution < 1.29 is 9.13 Å². The van der Waals surface area contributed by atoms with Crippen molar-refractivity contribution in [2.75, 3.05) is 5.73 Å². The summed E-state index contributed by atoms with van der Waals surface area (Å²) >= 11 is 0. The number of nitrogen functional groups attached to an aromatic ring is 1. The van der Waals surface area contributed by atoms with E-state index in [0.717, 1.165) is 19.3 Å². The molecule has 2 rings (SSSR count). The molecule has 124 valence electrons. The number of hydrogen-bond acceptors (Lipinski definition) is 4. The van der Waals surface area contributed by atoms with Crippen molar-refractivity contribution in [1.82, 2.24) is 9.55 Å². The third-order valence-electron chi connectivity index (χ3n) is 4.80. The largest absolute Gasteiger partial charge is 0.383 e.